The first kappa shape index (κ1) is 13.7. The quantitative estimate of drug-likeness (QED) is 0.829. The molecule has 0 radical (unpaired) electrons. The fraction of sp³-hybridized carbons (Fsp3) is 0.588. The second kappa shape index (κ2) is 5.38. The van der Waals surface area contributed by atoms with Crippen LogP contribution in [0.3, 0.4) is 0 Å². The lowest BCUT2D eigenvalue weighted by atomic mass is 10.1. The van der Waals surface area contributed by atoms with Crippen molar-refractivity contribution in [1.82, 2.24) is 14.8 Å². The van der Waals surface area contributed by atoms with Gasteiger partial charge in [-0.2, -0.15) is 0 Å². The molecule has 2 saturated carbocycles. The van der Waals surface area contributed by atoms with E-state index in [0.29, 0.717) is 31.6 Å². The summed E-state index contributed by atoms with van der Waals surface area (Å²) >= 11 is 0. The van der Waals surface area contributed by atoms with E-state index in [9.17, 15) is 9.59 Å². The SMILES string of the molecule is O=C1CC(C(=O)N(Cc2ccncc2)C2CC2)CN1C1CC1. The van der Waals surface area contributed by atoms with Gasteiger partial charge in [0.05, 0.1) is 5.92 Å². The maximum Gasteiger partial charge on any atom is 0.228 e. The molecule has 5 heteroatoms. The molecule has 3 aliphatic rings. The number of pyridine rings is 1. The van der Waals surface area contributed by atoms with E-state index in [0.717, 1.165) is 31.2 Å². The molecule has 0 aromatic carbocycles. The van der Waals surface area contributed by atoms with Crippen LogP contribution < -0.4 is 0 Å². The van der Waals surface area contributed by atoms with Gasteiger partial charge in [0.1, 0.15) is 0 Å². The maximum atomic E-state index is 12.9. The Bertz CT molecular complexity index is 581. The van der Waals surface area contributed by atoms with Crippen molar-refractivity contribution >= 4 is 11.8 Å². The molecule has 3 fully saturated rings. The summed E-state index contributed by atoms with van der Waals surface area (Å²) in [6, 6.07) is 4.70. The van der Waals surface area contributed by atoms with Crippen LogP contribution in [0.4, 0.5) is 0 Å². The lowest BCUT2D eigenvalue weighted by molar-refractivity contribution is -0.137. The van der Waals surface area contributed by atoms with Gasteiger partial charge in [0.15, 0.2) is 0 Å². The van der Waals surface area contributed by atoms with Gasteiger partial charge in [0, 0.05) is 44.0 Å². The average molecular weight is 299 g/mol. The normalized spacial score (nSPS) is 24.6. The second-order valence-electron chi connectivity index (χ2n) is 6.73. The van der Waals surface area contributed by atoms with Gasteiger partial charge in [-0.25, -0.2) is 0 Å². The predicted octanol–water partition coefficient (Wildman–Crippen LogP) is 1.58. The van der Waals surface area contributed by atoms with E-state index in [1.165, 1.54) is 0 Å². The third kappa shape index (κ3) is 2.72. The van der Waals surface area contributed by atoms with Crippen molar-refractivity contribution in [3.05, 3.63) is 30.1 Å². The van der Waals surface area contributed by atoms with Crippen LogP contribution in [0.25, 0.3) is 0 Å². The summed E-state index contributed by atoms with van der Waals surface area (Å²) in [6.45, 7) is 1.27. The molecule has 0 spiro atoms. The van der Waals surface area contributed by atoms with Gasteiger partial charge in [-0.05, 0) is 43.4 Å². The fourth-order valence-electron chi connectivity index (χ4n) is 3.33. The van der Waals surface area contributed by atoms with Gasteiger partial charge in [0.2, 0.25) is 11.8 Å². The molecule has 1 aliphatic heterocycles. The highest BCUT2D eigenvalue weighted by Gasteiger charge is 2.44. The largest absolute Gasteiger partial charge is 0.339 e. The first-order valence-corrected chi connectivity index (χ1v) is 8.21. The summed E-state index contributed by atoms with van der Waals surface area (Å²) < 4.78 is 0. The second-order valence-corrected chi connectivity index (χ2v) is 6.73. The molecule has 1 saturated heterocycles. The summed E-state index contributed by atoms with van der Waals surface area (Å²) in [4.78, 5) is 32.9. The zero-order valence-corrected chi connectivity index (χ0v) is 12.6. The molecule has 2 aliphatic carbocycles. The van der Waals surface area contributed by atoms with Crippen LogP contribution in [0.5, 0.6) is 0 Å². The highest BCUT2D eigenvalue weighted by molar-refractivity contribution is 5.89. The van der Waals surface area contributed by atoms with Crippen molar-refractivity contribution < 1.29 is 9.59 Å². The third-order valence-electron chi connectivity index (χ3n) is 4.87. The molecule has 2 heterocycles. The van der Waals surface area contributed by atoms with Crippen LogP contribution >= 0.6 is 0 Å². The molecule has 0 bridgehead atoms. The average Bonchev–Trinajstić information content (AvgIpc) is 3.44. The van der Waals surface area contributed by atoms with Crippen LogP contribution in [0, 0.1) is 5.92 Å². The summed E-state index contributed by atoms with van der Waals surface area (Å²) in [7, 11) is 0. The highest BCUT2D eigenvalue weighted by Crippen LogP contribution is 2.35. The standard InChI is InChI=1S/C17H21N3O2/c21-16-9-13(11-19(16)14-1-2-14)17(22)20(15-3-4-15)10-12-5-7-18-8-6-12/h5-8,13-15H,1-4,9-11H2. The molecule has 2 amide bonds. The van der Waals surface area contributed by atoms with Gasteiger partial charge < -0.3 is 9.80 Å². The molecule has 4 rings (SSSR count). The van der Waals surface area contributed by atoms with E-state index in [1.54, 1.807) is 12.4 Å². The zero-order chi connectivity index (χ0) is 15.1. The topological polar surface area (TPSA) is 53.5 Å². The van der Waals surface area contributed by atoms with E-state index in [4.69, 9.17) is 0 Å². The molecule has 1 aromatic heterocycles. The molecule has 1 aromatic rings. The van der Waals surface area contributed by atoms with Crippen molar-refractivity contribution in [3.63, 3.8) is 0 Å². The Labute approximate surface area is 130 Å². The van der Waals surface area contributed by atoms with Crippen LogP contribution in [0.1, 0.15) is 37.7 Å². The Kier molecular flexibility index (Phi) is 3.36. The number of carbonyl (C=O) groups is 2. The van der Waals surface area contributed by atoms with Gasteiger partial charge >= 0.3 is 0 Å². The van der Waals surface area contributed by atoms with Crippen molar-refractivity contribution in [2.45, 2.75) is 50.7 Å². The fourth-order valence-corrected chi connectivity index (χ4v) is 3.33. The van der Waals surface area contributed by atoms with E-state index < -0.39 is 0 Å². The smallest absolute Gasteiger partial charge is 0.228 e. The molecule has 116 valence electrons. The Hall–Kier alpha value is -1.91. The van der Waals surface area contributed by atoms with Gasteiger partial charge in [-0.3, -0.25) is 14.6 Å². The molecular formula is C17H21N3O2. The number of carbonyl (C=O) groups excluding carboxylic acids is 2. The maximum absolute atomic E-state index is 12.9. The van der Waals surface area contributed by atoms with Crippen LogP contribution in [-0.2, 0) is 16.1 Å². The minimum absolute atomic E-state index is 0.143. The van der Waals surface area contributed by atoms with Crippen molar-refractivity contribution in [1.29, 1.82) is 0 Å². The molecule has 22 heavy (non-hydrogen) atoms. The first-order valence-electron chi connectivity index (χ1n) is 8.21. The lowest BCUT2D eigenvalue weighted by Gasteiger charge is -2.25. The summed E-state index contributed by atoms with van der Waals surface area (Å²) in [5.41, 5.74) is 1.11. The summed E-state index contributed by atoms with van der Waals surface area (Å²) in [6.07, 6.45) is 8.31. The number of nitrogens with zero attached hydrogens (tertiary/aromatic N) is 3. The monoisotopic (exact) mass is 299 g/mol. The molecule has 5 nitrogen and oxygen atoms in total. The van der Waals surface area contributed by atoms with Crippen LogP contribution in [-0.4, -0.2) is 45.2 Å². The Balaban J connectivity index is 1.46. The van der Waals surface area contributed by atoms with E-state index in [2.05, 4.69) is 4.98 Å². The number of hydrogen-bond acceptors (Lipinski definition) is 3. The number of amides is 2. The first-order chi connectivity index (χ1) is 10.7. The number of aromatic nitrogens is 1. The van der Waals surface area contributed by atoms with Crippen LogP contribution in [0.15, 0.2) is 24.5 Å². The Morgan fingerprint density at radius 3 is 2.59 bits per heavy atom. The lowest BCUT2D eigenvalue weighted by Crippen LogP contribution is -2.38. The molecule has 1 unspecified atom stereocenters. The number of rotatable bonds is 5. The van der Waals surface area contributed by atoms with E-state index in [1.807, 2.05) is 21.9 Å². The van der Waals surface area contributed by atoms with Crippen LogP contribution in [0.2, 0.25) is 0 Å². The van der Waals surface area contributed by atoms with E-state index in [-0.39, 0.29) is 17.7 Å². The molecule has 1 atom stereocenters. The number of likely N-dealkylation sites (tertiary alicyclic amines) is 1. The third-order valence-corrected chi connectivity index (χ3v) is 4.87. The molecular weight excluding hydrogens is 278 g/mol. The minimum Gasteiger partial charge on any atom is -0.339 e. The predicted molar refractivity (Wildman–Crippen MR) is 80.7 cm³/mol. The summed E-state index contributed by atoms with van der Waals surface area (Å²) in [5.74, 6) is 0.187. The minimum atomic E-state index is -0.143. The van der Waals surface area contributed by atoms with Crippen molar-refractivity contribution in [2.75, 3.05) is 6.54 Å². The highest BCUT2D eigenvalue weighted by atomic mass is 16.2. The number of hydrogen-bond donors (Lipinski definition) is 0. The Morgan fingerprint density at radius 2 is 1.95 bits per heavy atom. The zero-order valence-electron chi connectivity index (χ0n) is 12.6. The van der Waals surface area contributed by atoms with Gasteiger partial charge in [0.25, 0.3) is 0 Å². The van der Waals surface area contributed by atoms with Gasteiger partial charge in [-0.15, -0.1) is 0 Å². The summed E-state index contributed by atoms with van der Waals surface area (Å²) in [5, 5.41) is 0. The van der Waals surface area contributed by atoms with Crippen molar-refractivity contribution in [2.24, 2.45) is 5.92 Å². The molecule has 0 N–H and O–H groups in total. The Morgan fingerprint density at radius 1 is 1.23 bits per heavy atom. The van der Waals surface area contributed by atoms with E-state index >= 15 is 0 Å². The van der Waals surface area contributed by atoms with Gasteiger partial charge in [-0.1, -0.05) is 0 Å². The van der Waals surface area contributed by atoms with Crippen molar-refractivity contribution in [3.8, 4) is 0 Å².